The maximum absolute atomic E-state index is 12.2. The van der Waals surface area contributed by atoms with Crippen molar-refractivity contribution in [1.29, 1.82) is 0 Å². The van der Waals surface area contributed by atoms with Gasteiger partial charge in [0.15, 0.2) is 0 Å². The van der Waals surface area contributed by atoms with Gasteiger partial charge in [-0.25, -0.2) is 0 Å². The maximum atomic E-state index is 12.2. The molecule has 1 rings (SSSR count). The van der Waals surface area contributed by atoms with E-state index in [9.17, 15) is 9.59 Å². The van der Waals surface area contributed by atoms with Crippen LogP contribution in [-0.2, 0) is 14.3 Å². The van der Waals surface area contributed by atoms with Gasteiger partial charge in [-0.3, -0.25) is 9.59 Å². The molecule has 110 valence electrons. The largest absolute Gasteiger partial charge is 0.377 e. The van der Waals surface area contributed by atoms with Gasteiger partial charge in [-0.15, -0.1) is 0 Å². The zero-order valence-electron chi connectivity index (χ0n) is 12.1. The van der Waals surface area contributed by atoms with Crippen molar-refractivity contribution in [3.8, 4) is 0 Å². The summed E-state index contributed by atoms with van der Waals surface area (Å²) in [6.45, 7) is 7.39. The summed E-state index contributed by atoms with van der Waals surface area (Å²) in [7, 11) is 0. The molecule has 1 aliphatic rings. The predicted molar refractivity (Wildman–Crippen MR) is 72.5 cm³/mol. The molecule has 1 fully saturated rings. The predicted octanol–water partition coefficient (Wildman–Crippen LogP) is -0.133. The van der Waals surface area contributed by atoms with Crippen LogP contribution >= 0.6 is 0 Å². The van der Waals surface area contributed by atoms with Crippen LogP contribution in [0.1, 0.15) is 33.6 Å². The molecule has 0 bridgehead atoms. The molecule has 6 nitrogen and oxygen atoms in total. The zero-order chi connectivity index (χ0) is 14.5. The number of likely N-dealkylation sites (N-methyl/N-ethyl adjacent to an activating group) is 1. The molecule has 0 saturated carbocycles. The van der Waals surface area contributed by atoms with Crippen LogP contribution in [0.4, 0.5) is 0 Å². The Morgan fingerprint density at radius 2 is 2.16 bits per heavy atom. The topological polar surface area (TPSA) is 84.7 Å². The van der Waals surface area contributed by atoms with E-state index in [1.807, 2.05) is 20.8 Å². The second kappa shape index (κ2) is 6.86. The first kappa shape index (κ1) is 15.9. The van der Waals surface area contributed by atoms with Crippen molar-refractivity contribution in [3.63, 3.8) is 0 Å². The maximum Gasteiger partial charge on any atom is 0.245 e. The van der Waals surface area contributed by atoms with Gasteiger partial charge in [-0.2, -0.15) is 0 Å². The van der Waals surface area contributed by atoms with Crippen molar-refractivity contribution < 1.29 is 14.3 Å². The summed E-state index contributed by atoms with van der Waals surface area (Å²) < 4.78 is 5.30. The van der Waals surface area contributed by atoms with E-state index in [0.717, 1.165) is 0 Å². The molecular weight excluding hydrogens is 246 g/mol. The van der Waals surface area contributed by atoms with Crippen LogP contribution in [0.2, 0.25) is 0 Å². The minimum absolute atomic E-state index is 0.0296. The minimum Gasteiger partial charge on any atom is -0.377 e. The van der Waals surface area contributed by atoms with Crippen molar-refractivity contribution in [2.24, 2.45) is 5.73 Å². The average Bonchev–Trinajstić information content (AvgIpc) is 2.35. The number of nitrogens with one attached hydrogen (secondary N) is 1. The highest BCUT2D eigenvalue weighted by molar-refractivity contribution is 5.88. The smallest absolute Gasteiger partial charge is 0.245 e. The third kappa shape index (κ3) is 5.16. The number of carbonyl (C=O) groups is 2. The van der Waals surface area contributed by atoms with Crippen LogP contribution in [0.3, 0.4) is 0 Å². The van der Waals surface area contributed by atoms with Crippen molar-refractivity contribution in [2.75, 3.05) is 26.3 Å². The number of carbonyl (C=O) groups excluding carboxylic acids is 2. The molecule has 2 amide bonds. The van der Waals surface area contributed by atoms with Crippen molar-refractivity contribution in [3.05, 3.63) is 0 Å². The lowest BCUT2D eigenvalue weighted by Gasteiger charge is -2.35. The van der Waals surface area contributed by atoms with Gasteiger partial charge in [-0.05, 0) is 27.2 Å². The summed E-state index contributed by atoms with van der Waals surface area (Å²) in [5.41, 5.74) is 5.51. The lowest BCUT2D eigenvalue weighted by molar-refractivity contribution is -0.148. The lowest BCUT2D eigenvalue weighted by Crippen LogP contribution is -2.56. The normalized spacial score (nSPS) is 20.2. The van der Waals surface area contributed by atoms with Gasteiger partial charge in [0, 0.05) is 25.0 Å². The molecule has 6 heteroatoms. The van der Waals surface area contributed by atoms with E-state index >= 15 is 0 Å². The minimum atomic E-state index is -0.512. The SMILES string of the molecule is CCNC(=O)C1COCCN1C(=O)CCC(C)(C)N. The quantitative estimate of drug-likeness (QED) is 0.729. The van der Waals surface area contributed by atoms with Crippen molar-refractivity contribution in [2.45, 2.75) is 45.2 Å². The molecule has 1 atom stereocenters. The summed E-state index contributed by atoms with van der Waals surface area (Å²) in [5, 5.41) is 2.73. The number of morpholine rings is 1. The van der Waals surface area contributed by atoms with Gasteiger partial charge >= 0.3 is 0 Å². The number of nitrogens with two attached hydrogens (primary N) is 1. The van der Waals surface area contributed by atoms with Crippen molar-refractivity contribution in [1.82, 2.24) is 10.2 Å². The Morgan fingerprint density at radius 3 is 2.74 bits per heavy atom. The lowest BCUT2D eigenvalue weighted by atomic mass is 9.99. The highest BCUT2D eigenvalue weighted by Gasteiger charge is 2.32. The number of ether oxygens (including phenoxy) is 1. The molecular formula is C13H25N3O3. The fraction of sp³-hybridized carbons (Fsp3) is 0.846. The zero-order valence-corrected chi connectivity index (χ0v) is 12.1. The Balaban J connectivity index is 2.61. The highest BCUT2D eigenvalue weighted by atomic mass is 16.5. The van der Waals surface area contributed by atoms with Crippen LogP contribution < -0.4 is 11.1 Å². The molecule has 0 radical (unpaired) electrons. The van der Waals surface area contributed by atoms with E-state index in [2.05, 4.69) is 5.32 Å². The molecule has 0 aromatic heterocycles. The third-order valence-electron chi connectivity index (χ3n) is 3.09. The third-order valence-corrected chi connectivity index (χ3v) is 3.09. The number of rotatable bonds is 5. The van der Waals surface area contributed by atoms with Crippen LogP contribution in [0.15, 0.2) is 0 Å². The van der Waals surface area contributed by atoms with Crippen molar-refractivity contribution >= 4 is 11.8 Å². The Bertz CT molecular complexity index is 326. The summed E-state index contributed by atoms with van der Waals surface area (Å²) in [6, 6.07) is -0.512. The average molecular weight is 271 g/mol. The Hall–Kier alpha value is -1.14. The number of amides is 2. The second-order valence-corrected chi connectivity index (χ2v) is 5.56. The Kier molecular flexibility index (Phi) is 5.75. The van der Waals surface area contributed by atoms with Gasteiger partial charge in [0.25, 0.3) is 0 Å². The molecule has 1 unspecified atom stereocenters. The standard InChI is InChI=1S/C13H25N3O3/c1-4-15-12(18)10-9-19-8-7-16(10)11(17)5-6-13(2,3)14/h10H,4-9,14H2,1-3H3,(H,15,18). The van der Waals surface area contributed by atoms with E-state index in [4.69, 9.17) is 10.5 Å². The Labute approximate surface area is 114 Å². The molecule has 0 aliphatic carbocycles. The number of hydrogen-bond donors (Lipinski definition) is 2. The summed E-state index contributed by atoms with van der Waals surface area (Å²) in [5.74, 6) is -0.180. The van der Waals surface area contributed by atoms with Crippen LogP contribution in [0.25, 0.3) is 0 Å². The molecule has 1 saturated heterocycles. The van der Waals surface area contributed by atoms with Gasteiger partial charge < -0.3 is 20.7 Å². The first-order chi connectivity index (χ1) is 8.85. The van der Waals surface area contributed by atoms with Gasteiger partial charge in [-0.1, -0.05) is 0 Å². The van der Waals surface area contributed by atoms with Gasteiger partial charge in [0.1, 0.15) is 6.04 Å². The molecule has 3 N–H and O–H groups in total. The van der Waals surface area contributed by atoms with Crippen LogP contribution in [0, 0.1) is 0 Å². The molecule has 1 aliphatic heterocycles. The molecule has 0 aromatic rings. The summed E-state index contributed by atoms with van der Waals surface area (Å²) in [6.07, 6.45) is 0.963. The number of nitrogens with zero attached hydrogens (tertiary/aromatic N) is 1. The summed E-state index contributed by atoms with van der Waals surface area (Å²) >= 11 is 0. The van der Waals surface area contributed by atoms with Gasteiger partial charge in [0.05, 0.1) is 13.2 Å². The molecule has 19 heavy (non-hydrogen) atoms. The monoisotopic (exact) mass is 271 g/mol. The van der Waals surface area contributed by atoms with Crippen LogP contribution in [-0.4, -0.2) is 54.6 Å². The Morgan fingerprint density at radius 1 is 1.47 bits per heavy atom. The van der Waals surface area contributed by atoms with E-state index in [-0.39, 0.29) is 24.0 Å². The summed E-state index contributed by atoms with van der Waals surface area (Å²) in [4.78, 5) is 25.7. The van der Waals surface area contributed by atoms with E-state index < -0.39 is 6.04 Å². The van der Waals surface area contributed by atoms with E-state index in [0.29, 0.717) is 32.5 Å². The fourth-order valence-electron chi connectivity index (χ4n) is 1.98. The first-order valence-electron chi connectivity index (χ1n) is 6.79. The van der Waals surface area contributed by atoms with E-state index in [1.165, 1.54) is 0 Å². The van der Waals surface area contributed by atoms with Crippen LogP contribution in [0.5, 0.6) is 0 Å². The molecule has 1 heterocycles. The fourth-order valence-corrected chi connectivity index (χ4v) is 1.98. The molecule has 0 aromatic carbocycles. The first-order valence-corrected chi connectivity index (χ1v) is 6.79. The van der Waals surface area contributed by atoms with E-state index in [1.54, 1.807) is 4.90 Å². The highest BCUT2D eigenvalue weighted by Crippen LogP contribution is 2.13. The number of hydrogen-bond acceptors (Lipinski definition) is 4. The molecule has 0 spiro atoms. The second-order valence-electron chi connectivity index (χ2n) is 5.56. The van der Waals surface area contributed by atoms with Gasteiger partial charge in [0.2, 0.25) is 11.8 Å².